The summed E-state index contributed by atoms with van der Waals surface area (Å²) in [6.45, 7) is 4.85. The van der Waals surface area contributed by atoms with Gasteiger partial charge in [0.15, 0.2) is 0 Å². The number of hydrogen-bond donors (Lipinski definition) is 1. The number of carbonyl (C=O) groups is 1. The van der Waals surface area contributed by atoms with Crippen LogP contribution in [0.5, 0.6) is 0 Å². The topological polar surface area (TPSA) is 40.5 Å². The highest BCUT2D eigenvalue weighted by molar-refractivity contribution is 6.32. The standard InChI is InChI=1S/C17H20ClNO2/c1-12-5-6-13(2)19(11-12)17(21)15-8-7-14(4-3-9-20)16(18)10-15/h7-8,10,12-13,20H,5-6,9,11H2,1-2H3. The maximum atomic E-state index is 12.6. The SMILES string of the molecule is CC1CCC(C)N(C(=O)c2ccc(C#CCO)c(Cl)c2)C1. The van der Waals surface area contributed by atoms with Crippen molar-refractivity contribution < 1.29 is 9.90 Å². The van der Waals surface area contributed by atoms with Crippen LogP contribution in [0.15, 0.2) is 18.2 Å². The van der Waals surface area contributed by atoms with Crippen LogP contribution in [-0.4, -0.2) is 35.1 Å². The molecule has 1 amide bonds. The van der Waals surface area contributed by atoms with Crippen LogP contribution in [0.3, 0.4) is 0 Å². The number of likely N-dealkylation sites (tertiary alicyclic amines) is 1. The lowest BCUT2D eigenvalue weighted by Gasteiger charge is -2.37. The average Bonchev–Trinajstić information content (AvgIpc) is 2.47. The number of aliphatic hydroxyl groups excluding tert-OH is 1. The van der Waals surface area contributed by atoms with Crippen molar-refractivity contribution in [3.05, 3.63) is 34.3 Å². The highest BCUT2D eigenvalue weighted by atomic mass is 35.5. The second kappa shape index (κ2) is 6.98. The summed E-state index contributed by atoms with van der Waals surface area (Å²) in [5, 5.41) is 9.15. The molecule has 2 rings (SSSR count). The van der Waals surface area contributed by atoms with Gasteiger partial charge in [0.2, 0.25) is 0 Å². The van der Waals surface area contributed by atoms with Gasteiger partial charge >= 0.3 is 0 Å². The van der Waals surface area contributed by atoms with Crippen molar-refractivity contribution in [3.63, 3.8) is 0 Å². The summed E-state index contributed by atoms with van der Waals surface area (Å²) in [5.41, 5.74) is 1.22. The number of hydrogen-bond acceptors (Lipinski definition) is 2. The third-order valence-corrected chi connectivity index (χ3v) is 4.21. The Morgan fingerprint density at radius 2 is 2.19 bits per heavy atom. The van der Waals surface area contributed by atoms with Gasteiger partial charge in [0.05, 0.1) is 5.02 Å². The van der Waals surface area contributed by atoms with Crippen LogP contribution < -0.4 is 0 Å². The number of piperidine rings is 1. The normalized spacial score (nSPS) is 21.6. The Morgan fingerprint density at radius 3 is 2.86 bits per heavy atom. The number of aliphatic hydroxyl groups is 1. The fourth-order valence-corrected chi connectivity index (χ4v) is 2.85. The lowest BCUT2D eigenvalue weighted by molar-refractivity contribution is 0.0574. The van der Waals surface area contributed by atoms with Crippen LogP contribution in [0.25, 0.3) is 0 Å². The third kappa shape index (κ3) is 3.78. The molecule has 1 aromatic rings. The van der Waals surface area contributed by atoms with Crippen molar-refractivity contribution in [1.82, 2.24) is 4.90 Å². The molecule has 0 radical (unpaired) electrons. The molecule has 1 fully saturated rings. The Kier molecular flexibility index (Phi) is 5.27. The number of carbonyl (C=O) groups excluding carboxylic acids is 1. The zero-order chi connectivity index (χ0) is 15.4. The molecule has 0 aromatic heterocycles. The molecule has 1 saturated heterocycles. The molecule has 4 heteroatoms. The van der Waals surface area contributed by atoms with E-state index in [4.69, 9.17) is 16.7 Å². The molecule has 0 aliphatic carbocycles. The van der Waals surface area contributed by atoms with E-state index in [0.717, 1.165) is 13.0 Å². The summed E-state index contributed by atoms with van der Waals surface area (Å²) in [6.07, 6.45) is 2.21. The number of halogens is 1. The van der Waals surface area contributed by atoms with E-state index in [-0.39, 0.29) is 18.6 Å². The third-order valence-electron chi connectivity index (χ3n) is 3.90. The monoisotopic (exact) mass is 305 g/mol. The quantitative estimate of drug-likeness (QED) is 0.810. The fourth-order valence-electron chi connectivity index (χ4n) is 2.62. The molecular formula is C17H20ClNO2. The second-order valence-corrected chi connectivity index (χ2v) is 6.05. The first-order valence-corrected chi connectivity index (χ1v) is 7.61. The van der Waals surface area contributed by atoms with Crippen molar-refractivity contribution in [2.75, 3.05) is 13.2 Å². The van der Waals surface area contributed by atoms with Crippen molar-refractivity contribution in [3.8, 4) is 11.8 Å². The minimum atomic E-state index is -0.208. The summed E-state index contributed by atoms with van der Waals surface area (Å²) in [7, 11) is 0. The molecule has 21 heavy (non-hydrogen) atoms. The predicted molar refractivity (Wildman–Crippen MR) is 84.3 cm³/mol. The highest BCUT2D eigenvalue weighted by Gasteiger charge is 2.27. The van der Waals surface area contributed by atoms with E-state index in [9.17, 15) is 4.79 Å². The Balaban J connectivity index is 2.21. The molecule has 2 atom stereocenters. The lowest BCUT2D eigenvalue weighted by atomic mass is 9.94. The number of benzene rings is 1. The second-order valence-electron chi connectivity index (χ2n) is 5.64. The van der Waals surface area contributed by atoms with Crippen LogP contribution >= 0.6 is 11.6 Å². The Bertz CT molecular complexity index is 588. The fraction of sp³-hybridized carbons (Fsp3) is 0.471. The van der Waals surface area contributed by atoms with Gasteiger partial charge in [-0.05, 0) is 43.9 Å². The molecule has 1 aromatic carbocycles. The Hall–Kier alpha value is -1.50. The van der Waals surface area contributed by atoms with Crippen LogP contribution in [0, 0.1) is 17.8 Å². The number of amides is 1. The molecule has 2 unspecified atom stereocenters. The molecule has 0 spiro atoms. The minimum Gasteiger partial charge on any atom is -0.384 e. The van der Waals surface area contributed by atoms with Crippen LogP contribution in [0.1, 0.15) is 42.6 Å². The largest absolute Gasteiger partial charge is 0.384 e. The van der Waals surface area contributed by atoms with Gasteiger partial charge in [0.1, 0.15) is 6.61 Å². The van der Waals surface area contributed by atoms with E-state index < -0.39 is 0 Å². The number of rotatable bonds is 1. The summed E-state index contributed by atoms with van der Waals surface area (Å²) in [4.78, 5) is 14.6. The maximum absolute atomic E-state index is 12.6. The first kappa shape index (κ1) is 15.9. The smallest absolute Gasteiger partial charge is 0.254 e. The Morgan fingerprint density at radius 1 is 1.43 bits per heavy atom. The van der Waals surface area contributed by atoms with Gasteiger partial charge < -0.3 is 10.0 Å². The molecular weight excluding hydrogens is 286 g/mol. The zero-order valence-corrected chi connectivity index (χ0v) is 13.2. The van der Waals surface area contributed by atoms with Gasteiger partial charge in [-0.3, -0.25) is 4.79 Å². The van der Waals surface area contributed by atoms with E-state index >= 15 is 0 Å². The van der Waals surface area contributed by atoms with Crippen LogP contribution in [-0.2, 0) is 0 Å². The first-order chi connectivity index (χ1) is 10.0. The summed E-state index contributed by atoms with van der Waals surface area (Å²) < 4.78 is 0. The van der Waals surface area contributed by atoms with Crippen molar-refractivity contribution in [2.45, 2.75) is 32.7 Å². The van der Waals surface area contributed by atoms with Crippen molar-refractivity contribution in [2.24, 2.45) is 5.92 Å². The van der Waals surface area contributed by atoms with Crippen LogP contribution in [0.4, 0.5) is 0 Å². The predicted octanol–water partition coefficient (Wildman–Crippen LogP) is 2.94. The molecule has 112 valence electrons. The summed E-state index contributed by atoms with van der Waals surface area (Å²) >= 11 is 6.16. The zero-order valence-electron chi connectivity index (χ0n) is 12.4. The van der Waals surface area contributed by atoms with Gasteiger partial charge in [-0.1, -0.05) is 30.4 Å². The minimum absolute atomic E-state index is 0.0256. The average molecular weight is 306 g/mol. The van der Waals surface area contributed by atoms with Gasteiger partial charge in [-0.2, -0.15) is 0 Å². The summed E-state index contributed by atoms with van der Waals surface area (Å²) in [5.74, 6) is 5.89. The molecule has 0 saturated carbocycles. The first-order valence-electron chi connectivity index (χ1n) is 7.23. The van der Waals surface area contributed by atoms with E-state index in [1.165, 1.54) is 6.42 Å². The van der Waals surface area contributed by atoms with E-state index in [1.54, 1.807) is 18.2 Å². The number of nitrogens with zero attached hydrogens (tertiary/aromatic N) is 1. The van der Waals surface area contributed by atoms with Gasteiger partial charge in [-0.25, -0.2) is 0 Å². The molecule has 1 aliphatic rings. The highest BCUT2D eigenvalue weighted by Crippen LogP contribution is 2.25. The van der Waals surface area contributed by atoms with Crippen molar-refractivity contribution in [1.29, 1.82) is 0 Å². The molecule has 3 nitrogen and oxygen atoms in total. The van der Waals surface area contributed by atoms with E-state index in [1.807, 2.05) is 4.90 Å². The van der Waals surface area contributed by atoms with E-state index in [0.29, 0.717) is 22.1 Å². The lowest BCUT2D eigenvalue weighted by Crippen LogP contribution is -2.44. The Labute approximate surface area is 130 Å². The van der Waals surface area contributed by atoms with Gasteiger partial charge in [0.25, 0.3) is 5.91 Å². The molecule has 0 bridgehead atoms. The van der Waals surface area contributed by atoms with E-state index in [2.05, 4.69) is 25.7 Å². The van der Waals surface area contributed by atoms with Crippen molar-refractivity contribution >= 4 is 17.5 Å². The molecule has 1 heterocycles. The maximum Gasteiger partial charge on any atom is 0.254 e. The molecule has 1 aliphatic heterocycles. The molecule has 1 N–H and O–H groups in total. The summed E-state index contributed by atoms with van der Waals surface area (Å²) in [6, 6.07) is 5.41. The van der Waals surface area contributed by atoms with Gasteiger partial charge in [0, 0.05) is 23.7 Å². The van der Waals surface area contributed by atoms with Crippen LogP contribution in [0.2, 0.25) is 5.02 Å². The van der Waals surface area contributed by atoms with Gasteiger partial charge in [-0.15, -0.1) is 0 Å².